The first-order valence-corrected chi connectivity index (χ1v) is 4.47. The monoisotopic (exact) mass is 155 g/mol. The summed E-state index contributed by atoms with van der Waals surface area (Å²) in [5.74, 6) is 0.327. The van der Waals surface area contributed by atoms with Crippen LogP contribution >= 0.6 is 0 Å². The highest BCUT2D eigenvalue weighted by Crippen LogP contribution is 2.20. The van der Waals surface area contributed by atoms with Crippen LogP contribution in [0.3, 0.4) is 0 Å². The topological polar surface area (TPSA) is 20.3 Å². The third-order valence-corrected chi connectivity index (χ3v) is 2.65. The molecule has 1 aliphatic heterocycles. The minimum absolute atomic E-state index is 0.327. The standard InChI is InChI=1S/C9H17NO/c1-3-10-5-4-9(7-11)6-8(10)2/h7-9H,3-6H2,1-2H3. The van der Waals surface area contributed by atoms with Gasteiger partial charge in [0, 0.05) is 12.0 Å². The molecule has 1 rings (SSSR count). The van der Waals surface area contributed by atoms with Gasteiger partial charge in [0.15, 0.2) is 0 Å². The molecule has 64 valence electrons. The molecule has 2 atom stereocenters. The van der Waals surface area contributed by atoms with Gasteiger partial charge in [-0.25, -0.2) is 0 Å². The Morgan fingerprint density at radius 2 is 2.36 bits per heavy atom. The van der Waals surface area contributed by atoms with Crippen LogP contribution in [0.2, 0.25) is 0 Å². The lowest BCUT2D eigenvalue weighted by atomic mass is 9.93. The number of piperidine rings is 1. The van der Waals surface area contributed by atoms with Crippen molar-refractivity contribution in [1.82, 2.24) is 4.90 Å². The fourth-order valence-corrected chi connectivity index (χ4v) is 1.85. The summed E-state index contributed by atoms with van der Waals surface area (Å²) < 4.78 is 0. The smallest absolute Gasteiger partial charge is 0.123 e. The van der Waals surface area contributed by atoms with E-state index in [9.17, 15) is 4.79 Å². The quantitative estimate of drug-likeness (QED) is 0.560. The molecule has 1 aliphatic rings. The second-order valence-electron chi connectivity index (χ2n) is 3.40. The third-order valence-electron chi connectivity index (χ3n) is 2.65. The lowest BCUT2D eigenvalue weighted by Gasteiger charge is -2.34. The number of hydrogen-bond donors (Lipinski definition) is 0. The summed E-state index contributed by atoms with van der Waals surface area (Å²) in [5.41, 5.74) is 0. The number of carbonyl (C=O) groups is 1. The van der Waals surface area contributed by atoms with Crippen LogP contribution in [-0.4, -0.2) is 30.3 Å². The summed E-state index contributed by atoms with van der Waals surface area (Å²) in [6.07, 6.45) is 3.22. The number of likely N-dealkylation sites (tertiary alicyclic amines) is 1. The highest BCUT2D eigenvalue weighted by atomic mass is 16.1. The van der Waals surface area contributed by atoms with E-state index in [-0.39, 0.29) is 0 Å². The molecule has 11 heavy (non-hydrogen) atoms. The van der Waals surface area contributed by atoms with Gasteiger partial charge in [-0.3, -0.25) is 0 Å². The van der Waals surface area contributed by atoms with Gasteiger partial charge in [0.05, 0.1) is 0 Å². The van der Waals surface area contributed by atoms with E-state index in [1.807, 2.05) is 0 Å². The van der Waals surface area contributed by atoms with Crippen LogP contribution in [0.1, 0.15) is 26.7 Å². The van der Waals surface area contributed by atoms with Crippen LogP contribution in [0.4, 0.5) is 0 Å². The van der Waals surface area contributed by atoms with Crippen molar-refractivity contribution < 1.29 is 4.79 Å². The summed E-state index contributed by atoms with van der Waals surface area (Å²) in [6, 6.07) is 0.601. The fourth-order valence-electron chi connectivity index (χ4n) is 1.85. The van der Waals surface area contributed by atoms with E-state index in [2.05, 4.69) is 18.7 Å². The minimum atomic E-state index is 0.327. The molecule has 0 aromatic carbocycles. The maximum Gasteiger partial charge on any atom is 0.123 e. The summed E-state index contributed by atoms with van der Waals surface area (Å²) in [5, 5.41) is 0. The van der Waals surface area contributed by atoms with Gasteiger partial charge in [-0.1, -0.05) is 6.92 Å². The molecular formula is C9H17NO. The molecule has 0 radical (unpaired) electrons. The van der Waals surface area contributed by atoms with E-state index in [1.54, 1.807) is 0 Å². The molecule has 0 bridgehead atoms. The van der Waals surface area contributed by atoms with Gasteiger partial charge in [-0.2, -0.15) is 0 Å². The summed E-state index contributed by atoms with van der Waals surface area (Å²) in [7, 11) is 0. The average Bonchev–Trinajstić information content (AvgIpc) is 2.04. The summed E-state index contributed by atoms with van der Waals surface area (Å²) >= 11 is 0. The van der Waals surface area contributed by atoms with Gasteiger partial charge in [0.25, 0.3) is 0 Å². The maximum absolute atomic E-state index is 10.5. The van der Waals surface area contributed by atoms with Crippen LogP contribution in [-0.2, 0) is 4.79 Å². The zero-order valence-corrected chi connectivity index (χ0v) is 7.42. The average molecular weight is 155 g/mol. The highest BCUT2D eigenvalue weighted by Gasteiger charge is 2.23. The Labute approximate surface area is 68.6 Å². The molecule has 1 saturated heterocycles. The van der Waals surface area contributed by atoms with Gasteiger partial charge in [-0.15, -0.1) is 0 Å². The first-order valence-electron chi connectivity index (χ1n) is 4.47. The van der Waals surface area contributed by atoms with E-state index in [0.29, 0.717) is 12.0 Å². The molecule has 0 amide bonds. The molecule has 1 heterocycles. The first kappa shape index (κ1) is 8.72. The van der Waals surface area contributed by atoms with E-state index in [1.165, 1.54) is 0 Å². The Bertz CT molecular complexity index is 136. The normalized spacial score (nSPS) is 33.6. The molecule has 1 fully saturated rings. The number of rotatable bonds is 2. The second kappa shape index (κ2) is 3.86. The van der Waals surface area contributed by atoms with Gasteiger partial charge in [0.2, 0.25) is 0 Å². The SMILES string of the molecule is CCN1CCC(C=O)CC1C. The van der Waals surface area contributed by atoms with Crippen LogP contribution in [0, 0.1) is 5.92 Å². The van der Waals surface area contributed by atoms with E-state index in [4.69, 9.17) is 0 Å². The Morgan fingerprint density at radius 3 is 2.82 bits per heavy atom. The molecule has 0 aromatic rings. The van der Waals surface area contributed by atoms with Crippen LogP contribution < -0.4 is 0 Å². The molecule has 0 N–H and O–H groups in total. The van der Waals surface area contributed by atoms with E-state index in [0.717, 1.165) is 32.2 Å². The molecule has 2 nitrogen and oxygen atoms in total. The highest BCUT2D eigenvalue weighted by molar-refractivity contribution is 5.53. The van der Waals surface area contributed by atoms with Crippen molar-refractivity contribution in [2.24, 2.45) is 5.92 Å². The van der Waals surface area contributed by atoms with Gasteiger partial charge < -0.3 is 9.69 Å². The molecule has 0 saturated carbocycles. The number of carbonyl (C=O) groups excluding carboxylic acids is 1. The van der Waals surface area contributed by atoms with Crippen molar-refractivity contribution in [3.8, 4) is 0 Å². The molecule has 0 aliphatic carbocycles. The minimum Gasteiger partial charge on any atom is -0.303 e. The predicted octanol–water partition coefficient (Wildman–Crippen LogP) is 1.31. The molecule has 0 aromatic heterocycles. The molecule has 2 unspecified atom stereocenters. The van der Waals surface area contributed by atoms with Crippen molar-refractivity contribution in [1.29, 1.82) is 0 Å². The van der Waals surface area contributed by atoms with Gasteiger partial charge >= 0.3 is 0 Å². The molecular weight excluding hydrogens is 138 g/mol. The van der Waals surface area contributed by atoms with Crippen molar-refractivity contribution in [2.45, 2.75) is 32.7 Å². The zero-order valence-electron chi connectivity index (χ0n) is 7.42. The third kappa shape index (κ3) is 2.03. The van der Waals surface area contributed by atoms with Crippen LogP contribution in [0.15, 0.2) is 0 Å². The van der Waals surface area contributed by atoms with E-state index < -0.39 is 0 Å². The fraction of sp³-hybridized carbons (Fsp3) is 0.889. The van der Waals surface area contributed by atoms with Crippen LogP contribution in [0.5, 0.6) is 0 Å². The largest absolute Gasteiger partial charge is 0.303 e. The van der Waals surface area contributed by atoms with Crippen molar-refractivity contribution >= 4 is 6.29 Å². The van der Waals surface area contributed by atoms with Crippen molar-refractivity contribution in [3.63, 3.8) is 0 Å². The lowest BCUT2D eigenvalue weighted by Crippen LogP contribution is -2.40. The first-order chi connectivity index (χ1) is 5.27. The van der Waals surface area contributed by atoms with Gasteiger partial charge in [-0.05, 0) is 32.9 Å². The summed E-state index contributed by atoms with van der Waals surface area (Å²) in [4.78, 5) is 12.9. The predicted molar refractivity (Wildman–Crippen MR) is 45.5 cm³/mol. The number of aldehydes is 1. The zero-order chi connectivity index (χ0) is 8.27. The molecule has 2 heteroatoms. The maximum atomic E-state index is 10.5. The Balaban J connectivity index is 2.40. The molecule has 0 spiro atoms. The van der Waals surface area contributed by atoms with E-state index >= 15 is 0 Å². The lowest BCUT2D eigenvalue weighted by molar-refractivity contribution is -0.112. The van der Waals surface area contributed by atoms with Crippen molar-refractivity contribution in [2.75, 3.05) is 13.1 Å². The second-order valence-corrected chi connectivity index (χ2v) is 3.40. The number of nitrogens with zero attached hydrogens (tertiary/aromatic N) is 1. The number of hydrogen-bond acceptors (Lipinski definition) is 2. The Morgan fingerprint density at radius 1 is 1.64 bits per heavy atom. The van der Waals surface area contributed by atoms with Crippen molar-refractivity contribution in [3.05, 3.63) is 0 Å². The van der Waals surface area contributed by atoms with Crippen LogP contribution in [0.25, 0.3) is 0 Å². The summed E-state index contributed by atoms with van der Waals surface area (Å²) in [6.45, 7) is 6.60. The Kier molecular flexibility index (Phi) is 3.06. The Hall–Kier alpha value is -0.370. The van der Waals surface area contributed by atoms with Gasteiger partial charge in [0.1, 0.15) is 6.29 Å².